The minimum absolute atomic E-state index is 0.243. The van der Waals surface area contributed by atoms with Gasteiger partial charge in [-0.25, -0.2) is 8.78 Å². The Labute approximate surface area is 147 Å². The van der Waals surface area contributed by atoms with Gasteiger partial charge in [0.2, 0.25) is 0 Å². The quantitative estimate of drug-likeness (QED) is 0.441. The van der Waals surface area contributed by atoms with E-state index < -0.39 is 0 Å². The summed E-state index contributed by atoms with van der Waals surface area (Å²) in [5.41, 5.74) is -0.388. The fraction of sp³-hybridized carbons (Fsp3) is 0.500. The van der Waals surface area contributed by atoms with Crippen LogP contribution in [0.2, 0.25) is 0 Å². The molecule has 0 unspecified atom stereocenters. The predicted octanol–water partition coefficient (Wildman–Crippen LogP) is 7.45. The third kappa shape index (κ3) is 2.76. The lowest BCUT2D eigenvalue weighted by atomic mass is 9.94. The molecule has 0 N–H and O–H groups in total. The van der Waals surface area contributed by atoms with Crippen LogP contribution in [0, 0.1) is 11.6 Å². The van der Waals surface area contributed by atoms with E-state index in [1.165, 1.54) is 22.7 Å². The van der Waals surface area contributed by atoms with E-state index in [2.05, 4.69) is 9.63 Å². The molecule has 7 heteroatoms. The average Bonchev–Trinajstić information content (AvgIpc) is 2.82. The lowest BCUT2D eigenvalue weighted by Gasteiger charge is -2.15. The molecular weight excluding hydrogens is 354 g/mol. The van der Waals surface area contributed by atoms with Crippen LogP contribution in [0.5, 0.6) is 0 Å². The van der Waals surface area contributed by atoms with Gasteiger partial charge >= 0.3 is 0 Å². The summed E-state index contributed by atoms with van der Waals surface area (Å²) in [6.07, 6.45) is 0. The van der Waals surface area contributed by atoms with E-state index in [-0.39, 0.29) is 28.2 Å². The normalized spacial score (nSPS) is 14.6. The van der Waals surface area contributed by atoms with Crippen LogP contribution in [0.25, 0.3) is 9.75 Å². The Bertz CT molecular complexity index is 805. The first-order valence-corrected chi connectivity index (χ1v) is 9.66. The zero-order valence-electron chi connectivity index (χ0n) is 13.9. The molecule has 3 rings (SSSR count). The second-order valence-corrected chi connectivity index (χ2v) is 10.4. The van der Waals surface area contributed by atoms with Crippen molar-refractivity contribution in [2.75, 3.05) is 0 Å². The molecule has 124 valence electrons. The van der Waals surface area contributed by atoms with E-state index in [0.29, 0.717) is 19.5 Å². The van der Waals surface area contributed by atoms with Gasteiger partial charge in [-0.1, -0.05) is 41.5 Å². The number of fused-ring (bicyclic) bond motifs is 3. The summed E-state index contributed by atoms with van der Waals surface area (Å²) in [5.74, 6) is -0.582. The third-order valence-electron chi connectivity index (χ3n) is 3.48. The van der Waals surface area contributed by atoms with Crippen molar-refractivity contribution in [1.82, 2.24) is 0 Å². The van der Waals surface area contributed by atoms with E-state index in [1.807, 2.05) is 41.5 Å². The lowest BCUT2D eigenvalue weighted by Crippen LogP contribution is -2.10. The summed E-state index contributed by atoms with van der Waals surface area (Å²) in [7, 11) is 0. The molecule has 2 aromatic heterocycles. The van der Waals surface area contributed by atoms with Gasteiger partial charge in [-0.3, -0.25) is 0 Å². The van der Waals surface area contributed by atoms with E-state index >= 15 is 0 Å². The first-order chi connectivity index (χ1) is 10.5. The highest BCUT2D eigenvalue weighted by Gasteiger charge is 2.34. The van der Waals surface area contributed by atoms with Crippen LogP contribution in [-0.2, 0) is 10.8 Å². The van der Waals surface area contributed by atoms with Crippen LogP contribution in [0.4, 0.5) is 14.5 Å². The summed E-state index contributed by atoms with van der Waals surface area (Å²) >= 11 is 3.73. The predicted molar refractivity (Wildman–Crippen MR) is 95.3 cm³/mol. The van der Waals surface area contributed by atoms with Crippen molar-refractivity contribution in [1.29, 1.82) is 0 Å². The van der Waals surface area contributed by atoms with Gasteiger partial charge in [0.1, 0.15) is 5.69 Å². The number of nitrogens with zero attached hydrogens (tertiary/aromatic N) is 2. The highest BCUT2D eigenvalue weighted by molar-refractivity contribution is 7.98. The number of halogens is 2. The van der Waals surface area contributed by atoms with Crippen LogP contribution >= 0.6 is 34.6 Å². The topological polar surface area (TPSA) is 24.7 Å². The monoisotopic (exact) mass is 372 g/mol. The van der Waals surface area contributed by atoms with Gasteiger partial charge in [0.25, 0.3) is 0 Å². The average molecular weight is 373 g/mol. The third-order valence-corrected chi connectivity index (χ3v) is 7.67. The standard InChI is InChI=1S/C16H18F2N2S3/c1-15(2,3)13-7(17)9-11(21-13)12-10(23-20-19-9)8(18)14(22-12)16(4,5)6/h1-6H3. The second kappa shape index (κ2) is 5.36. The molecule has 0 atom stereocenters. The molecule has 2 nitrogen and oxygen atoms in total. The minimum Gasteiger partial charge on any atom is -0.204 e. The first-order valence-electron chi connectivity index (χ1n) is 7.25. The zero-order valence-corrected chi connectivity index (χ0v) is 16.3. The summed E-state index contributed by atoms with van der Waals surface area (Å²) in [4.78, 5) is 3.20. The van der Waals surface area contributed by atoms with Gasteiger partial charge in [0.05, 0.1) is 14.6 Å². The summed E-state index contributed by atoms with van der Waals surface area (Å²) in [6, 6.07) is 0. The van der Waals surface area contributed by atoms with Gasteiger partial charge in [-0.15, -0.1) is 32.3 Å². The zero-order chi connectivity index (χ0) is 17.2. The van der Waals surface area contributed by atoms with E-state index in [0.717, 1.165) is 16.8 Å². The molecule has 1 aliphatic rings. The molecule has 0 fully saturated rings. The largest absolute Gasteiger partial charge is 0.204 e. The second-order valence-electron chi connectivity index (χ2n) is 7.60. The molecule has 2 aromatic rings. The van der Waals surface area contributed by atoms with Crippen LogP contribution in [0.15, 0.2) is 14.5 Å². The number of hydrogen-bond acceptors (Lipinski definition) is 5. The van der Waals surface area contributed by atoms with E-state index in [9.17, 15) is 8.78 Å². The van der Waals surface area contributed by atoms with Gasteiger partial charge in [-0.2, -0.15) is 0 Å². The molecule has 0 saturated heterocycles. The fourth-order valence-corrected chi connectivity index (χ4v) is 5.72. The molecule has 0 saturated carbocycles. The van der Waals surface area contributed by atoms with Crippen LogP contribution in [-0.4, -0.2) is 0 Å². The summed E-state index contributed by atoms with van der Waals surface area (Å²) in [6.45, 7) is 11.8. The Morgan fingerprint density at radius 3 is 1.87 bits per heavy atom. The smallest absolute Gasteiger partial charge is 0.165 e. The molecule has 1 aliphatic heterocycles. The molecule has 3 heterocycles. The van der Waals surface area contributed by atoms with Crippen LogP contribution in [0.1, 0.15) is 51.3 Å². The van der Waals surface area contributed by atoms with Crippen molar-refractivity contribution >= 4 is 40.3 Å². The Morgan fingerprint density at radius 2 is 1.30 bits per heavy atom. The Kier molecular flexibility index (Phi) is 3.97. The molecule has 0 radical (unpaired) electrons. The molecule has 0 spiro atoms. The Balaban J connectivity index is 2.29. The van der Waals surface area contributed by atoms with Crippen molar-refractivity contribution in [2.24, 2.45) is 9.63 Å². The van der Waals surface area contributed by atoms with Crippen LogP contribution in [0.3, 0.4) is 0 Å². The van der Waals surface area contributed by atoms with E-state index in [4.69, 9.17) is 0 Å². The number of hydrogen-bond donors (Lipinski definition) is 0. The maximum Gasteiger partial charge on any atom is 0.165 e. The van der Waals surface area contributed by atoms with Gasteiger partial charge in [-0.05, 0) is 10.8 Å². The maximum atomic E-state index is 14.8. The van der Waals surface area contributed by atoms with Crippen molar-refractivity contribution < 1.29 is 8.78 Å². The van der Waals surface area contributed by atoms with Crippen molar-refractivity contribution in [3.05, 3.63) is 21.4 Å². The highest BCUT2D eigenvalue weighted by Crippen LogP contribution is 2.55. The molecule has 0 aliphatic carbocycles. The highest BCUT2D eigenvalue weighted by atomic mass is 32.2. The SMILES string of the molecule is CC(C)(C)c1sc2c(c1F)N=NSc1c-2sc(C(C)(C)C)c1F. The molecule has 0 amide bonds. The molecule has 23 heavy (non-hydrogen) atoms. The molecule has 0 bridgehead atoms. The van der Waals surface area contributed by atoms with Crippen molar-refractivity contribution in [2.45, 2.75) is 57.3 Å². The first kappa shape index (κ1) is 17.0. The number of thiophene rings is 2. The summed E-state index contributed by atoms with van der Waals surface area (Å²) in [5, 5.41) is 4.00. The Hall–Kier alpha value is -0.790. The van der Waals surface area contributed by atoms with E-state index in [1.54, 1.807) is 0 Å². The van der Waals surface area contributed by atoms with Crippen molar-refractivity contribution in [3.8, 4) is 9.75 Å². The van der Waals surface area contributed by atoms with Gasteiger partial charge in [0.15, 0.2) is 11.6 Å². The van der Waals surface area contributed by atoms with Crippen molar-refractivity contribution in [3.63, 3.8) is 0 Å². The maximum absolute atomic E-state index is 14.8. The Morgan fingerprint density at radius 1 is 0.783 bits per heavy atom. The molecule has 0 aromatic carbocycles. The van der Waals surface area contributed by atoms with Gasteiger partial charge in [0, 0.05) is 21.7 Å². The minimum atomic E-state index is -0.333. The summed E-state index contributed by atoms with van der Waals surface area (Å²) < 4.78 is 33.6. The van der Waals surface area contributed by atoms with Crippen LogP contribution < -0.4 is 0 Å². The molecular formula is C16H18F2N2S3. The lowest BCUT2D eigenvalue weighted by molar-refractivity contribution is 0.526. The number of rotatable bonds is 0. The fourth-order valence-electron chi connectivity index (χ4n) is 2.34. The van der Waals surface area contributed by atoms with Gasteiger partial charge < -0.3 is 0 Å².